The summed E-state index contributed by atoms with van der Waals surface area (Å²) in [4.78, 5) is 0. The van der Waals surface area contributed by atoms with Crippen LogP contribution in [-0.2, 0) is 0 Å². The van der Waals surface area contributed by atoms with Crippen LogP contribution in [0, 0.1) is 0 Å². The predicted molar refractivity (Wildman–Crippen MR) is 110 cm³/mol. The number of unbranched alkanes of at least 4 members (excludes halogenated alkanes) is 6. The van der Waals surface area contributed by atoms with Crippen molar-refractivity contribution in [1.29, 1.82) is 0 Å². The van der Waals surface area contributed by atoms with Gasteiger partial charge in [0.1, 0.15) is 5.75 Å². The van der Waals surface area contributed by atoms with Crippen molar-refractivity contribution in [3.05, 3.63) is 30.3 Å². The molecule has 0 fully saturated rings. The van der Waals surface area contributed by atoms with Gasteiger partial charge in [0.2, 0.25) is 0 Å². The largest absolute Gasteiger partial charge is 0.493 e. The van der Waals surface area contributed by atoms with Gasteiger partial charge in [-0.15, -0.1) is 0 Å². The molecule has 0 saturated heterocycles. The van der Waals surface area contributed by atoms with Gasteiger partial charge in [0.15, 0.2) is 11.5 Å². The van der Waals surface area contributed by atoms with Gasteiger partial charge in [0.25, 0.3) is 0 Å². The molecule has 0 radical (unpaired) electrons. The van der Waals surface area contributed by atoms with Crippen LogP contribution in [0.1, 0.15) is 65.2 Å². The molecule has 26 heavy (non-hydrogen) atoms. The van der Waals surface area contributed by atoms with Crippen molar-refractivity contribution in [2.24, 2.45) is 0 Å². The van der Waals surface area contributed by atoms with Gasteiger partial charge < -0.3 is 14.2 Å². The molecule has 0 aliphatic carbocycles. The molecule has 0 spiro atoms. The fraction of sp³-hybridized carbons (Fsp3) is 0.565. The van der Waals surface area contributed by atoms with Crippen LogP contribution in [0.25, 0.3) is 10.8 Å². The number of benzene rings is 2. The zero-order valence-corrected chi connectivity index (χ0v) is 16.7. The van der Waals surface area contributed by atoms with E-state index in [0.717, 1.165) is 54.1 Å². The molecule has 3 nitrogen and oxygen atoms in total. The Morgan fingerprint density at radius 1 is 0.654 bits per heavy atom. The molecule has 0 bridgehead atoms. The minimum atomic E-state index is 0.720. The molecular weight excluding hydrogens is 324 g/mol. The number of fused-ring (bicyclic) bond motifs is 1. The van der Waals surface area contributed by atoms with E-state index in [1.165, 1.54) is 38.5 Å². The molecule has 0 unspecified atom stereocenters. The Labute approximate surface area is 158 Å². The molecule has 0 atom stereocenters. The van der Waals surface area contributed by atoms with Gasteiger partial charge in [-0.05, 0) is 31.0 Å². The van der Waals surface area contributed by atoms with Crippen molar-refractivity contribution < 1.29 is 14.2 Å². The molecule has 0 saturated carbocycles. The van der Waals surface area contributed by atoms with Gasteiger partial charge >= 0.3 is 0 Å². The first kappa shape index (κ1) is 20.4. The third kappa shape index (κ3) is 5.82. The summed E-state index contributed by atoms with van der Waals surface area (Å²) >= 11 is 0. The van der Waals surface area contributed by atoms with E-state index >= 15 is 0 Å². The van der Waals surface area contributed by atoms with Crippen LogP contribution in [0.4, 0.5) is 0 Å². The maximum atomic E-state index is 6.12. The maximum Gasteiger partial charge on any atom is 0.169 e. The molecule has 0 amide bonds. The maximum absolute atomic E-state index is 6.12. The average Bonchev–Trinajstić information content (AvgIpc) is 2.67. The number of ether oxygens (including phenoxy) is 3. The van der Waals surface area contributed by atoms with Crippen molar-refractivity contribution >= 4 is 10.8 Å². The quantitative estimate of drug-likeness (QED) is 0.370. The molecule has 2 aromatic rings. The Bertz CT molecular complexity index is 651. The van der Waals surface area contributed by atoms with Crippen molar-refractivity contribution in [2.45, 2.75) is 65.2 Å². The smallest absolute Gasteiger partial charge is 0.169 e. The summed E-state index contributed by atoms with van der Waals surface area (Å²) in [7, 11) is 1.69. The molecule has 0 N–H and O–H groups in total. The van der Waals surface area contributed by atoms with Crippen LogP contribution in [0.2, 0.25) is 0 Å². The summed E-state index contributed by atoms with van der Waals surface area (Å²) in [5.41, 5.74) is 0. The van der Waals surface area contributed by atoms with E-state index in [1.54, 1.807) is 7.11 Å². The van der Waals surface area contributed by atoms with E-state index in [2.05, 4.69) is 26.0 Å². The van der Waals surface area contributed by atoms with Gasteiger partial charge in [-0.25, -0.2) is 0 Å². The van der Waals surface area contributed by atoms with Crippen molar-refractivity contribution in [1.82, 2.24) is 0 Å². The lowest BCUT2D eigenvalue weighted by atomic mass is 10.1. The lowest BCUT2D eigenvalue weighted by Crippen LogP contribution is -2.01. The summed E-state index contributed by atoms with van der Waals surface area (Å²) in [5, 5.41) is 2.15. The van der Waals surface area contributed by atoms with Crippen LogP contribution >= 0.6 is 0 Å². The molecule has 2 rings (SSSR count). The topological polar surface area (TPSA) is 27.7 Å². The standard InChI is InChI=1S/C23H34O3/c1-4-6-8-10-17-25-21-14-12-13-20-19(21)15-16-22(24-3)23(20)26-18-11-9-7-5-2/h12-16H,4-11,17-18H2,1-3H3. The second-order valence-electron chi connectivity index (χ2n) is 6.77. The molecule has 2 aromatic carbocycles. The molecule has 0 heterocycles. The van der Waals surface area contributed by atoms with Crippen molar-refractivity contribution in [2.75, 3.05) is 20.3 Å². The Hall–Kier alpha value is -1.90. The van der Waals surface area contributed by atoms with Crippen LogP contribution < -0.4 is 14.2 Å². The molecular formula is C23H34O3. The first-order chi connectivity index (χ1) is 12.8. The molecule has 0 aliphatic heterocycles. The fourth-order valence-corrected chi connectivity index (χ4v) is 3.13. The van der Waals surface area contributed by atoms with E-state index in [0.29, 0.717) is 0 Å². The summed E-state index contributed by atoms with van der Waals surface area (Å²) in [6.45, 7) is 5.93. The summed E-state index contributed by atoms with van der Waals surface area (Å²) in [6.07, 6.45) is 9.60. The van der Waals surface area contributed by atoms with Gasteiger partial charge in [-0.3, -0.25) is 0 Å². The van der Waals surface area contributed by atoms with Gasteiger partial charge in [0, 0.05) is 10.8 Å². The average molecular weight is 359 g/mol. The van der Waals surface area contributed by atoms with E-state index in [9.17, 15) is 0 Å². The molecule has 0 aliphatic rings. The van der Waals surface area contributed by atoms with E-state index < -0.39 is 0 Å². The van der Waals surface area contributed by atoms with Crippen LogP contribution in [-0.4, -0.2) is 20.3 Å². The number of hydrogen-bond acceptors (Lipinski definition) is 3. The predicted octanol–water partition coefficient (Wildman–Crippen LogP) is 6.77. The summed E-state index contributed by atoms with van der Waals surface area (Å²) in [5.74, 6) is 2.54. The molecule has 3 heteroatoms. The lowest BCUT2D eigenvalue weighted by molar-refractivity contribution is 0.288. The SMILES string of the molecule is CCCCCCOc1cccc2c(OCCCCCC)c(OC)ccc12. The minimum Gasteiger partial charge on any atom is -0.493 e. The monoisotopic (exact) mass is 358 g/mol. The fourth-order valence-electron chi connectivity index (χ4n) is 3.13. The van der Waals surface area contributed by atoms with Gasteiger partial charge in [-0.1, -0.05) is 64.5 Å². The Balaban J connectivity index is 2.11. The highest BCUT2D eigenvalue weighted by Crippen LogP contribution is 2.39. The second kappa shape index (κ2) is 11.7. The third-order valence-electron chi connectivity index (χ3n) is 4.66. The summed E-state index contributed by atoms with van der Waals surface area (Å²) in [6, 6.07) is 10.2. The van der Waals surface area contributed by atoms with Crippen molar-refractivity contribution in [3.8, 4) is 17.2 Å². The highest BCUT2D eigenvalue weighted by atomic mass is 16.5. The molecule has 144 valence electrons. The van der Waals surface area contributed by atoms with Crippen LogP contribution in [0.15, 0.2) is 30.3 Å². The minimum absolute atomic E-state index is 0.720. The first-order valence-electron chi connectivity index (χ1n) is 10.2. The third-order valence-corrected chi connectivity index (χ3v) is 4.66. The summed E-state index contributed by atoms with van der Waals surface area (Å²) < 4.78 is 17.7. The zero-order chi connectivity index (χ0) is 18.6. The van der Waals surface area contributed by atoms with Crippen LogP contribution in [0.3, 0.4) is 0 Å². The number of hydrogen-bond donors (Lipinski definition) is 0. The van der Waals surface area contributed by atoms with Gasteiger partial charge in [-0.2, -0.15) is 0 Å². The normalized spacial score (nSPS) is 10.9. The van der Waals surface area contributed by atoms with E-state index in [1.807, 2.05) is 18.2 Å². The Morgan fingerprint density at radius 3 is 2.00 bits per heavy atom. The first-order valence-corrected chi connectivity index (χ1v) is 10.2. The van der Waals surface area contributed by atoms with Crippen LogP contribution in [0.5, 0.6) is 17.2 Å². The zero-order valence-electron chi connectivity index (χ0n) is 16.7. The number of methoxy groups -OCH3 is 1. The highest BCUT2D eigenvalue weighted by Gasteiger charge is 2.12. The van der Waals surface area contributed by atoms with E-state index in [4.69, 9.17) is 14.2 Å². The highest BCUT2D eigenvalue weighted by molar-refractivity contribution is 5.95. The second-order valence-corrected chi connectivity index (χ2v) is 6.77. The lowest BCUT2D eigenvalue weighted by Gasteiger charge is -2.16. The van der Waals surface area contributed by atoms with Gasteiger partial charge in [0.05, 0.1) is 20.3 Å². The Morgan fingerprint density at radius 2 is 1.35 bits per heavy atom. The Kier molecular flexibility index (Phi) is 9.16. The molecule has 0 aromatic heterocycles. The van der Waals surface area contributed by atoms with Crippen molar-refractivity contribution in [3.63, 3.8) is 0 Å². The number of rotatable bonds is 13. The van der Waals surface area contributed by atoms with E-state index in [-0.39, 0.29) is 0 Å².